The zero-order chi connectivity index (χ0) is 14.8. The van der Waals surface area contributed by atoms with E-state index >= 15 is 0 Å². The SMILES string of the molecule is Nc1ccc(CN2CCCC(CO)C2)c(C(F)(F)F)c1. The number of alkyl halides is 3. The largest absolute Gasteiger partial charge is 0.416 e. The molecule has 1 aromatic rings. The summed E-state index contributed by atoms with van der Waals surface area (Å²) < 4.78 is 39.0. The zero-order valence-electron chi connectivity index (χ0n) is 11.2. The highest BCUT2D eigenvalue weighted by Gasteiger charge is 2.34. The molecule has 1 fully saturated rings. The van der Waals surface area contributed by atoms with Crippen molar-refractivity contribution in [1.82, 2.24) is 4.90 Å². The number of nitrogens with two attached hydrogens (primary N) is 1. The number of hydrogen-bond donors (Lipinski definition) is 2. The van der Waals surface area contributed by atoms with Crippen LogP contribution in [0, 0.1) is 5.92 Å². The predicted molar refractivity (Wildman–Crippen MR) is 70.9 cm³/mol. The van der Waals surface area contributed by atoms with Crippen molar-refractivity contribution in [3.63, 3.8) is 0 Å². The van der Waals surface area contributed by atoms with Crippen LogP contribution in [0.1, 0.15) is 24.0 Å². The van der Waals surface area contributed by atoms with E-state index in [1.165, 1.54) is 12.1 Å². The van der Waals surface area contributed by atoms with Gasteiger partial charge in [0.05, 0.1) is 5.56 Å². The van der Waals surface area contributed by atoms with Crippen LogP contribution in [0.5, 0.6) is 0 Å². The third-order valence-corrected chi connectivity index (χ3v) is 3.69. The molecule has 1 saturated heterocycles. The molecule has 1 heterocycles. The van der Waals surface area contributed by atoms with Crippen molar-refractivity contribution < 1.29 is 18.3 Å². The summed E-state index contributed by atoms with van der Waals surface area (Å²) in [5, 5.41) is 9.17. The third kappa shape index (κ3) is 3.64. The summed E-state index contributed by atoms with van der Waals surface area (Å²) in [6.07, 6.45) is -2.56. The van der Waals surface area contributed by atoms with E-state index in [9.17, 15) is 18.3 Å². The Bertz CT molecular complexity index is 462. The molecule has 1 atom stereocenters. The lowest BCUT2D eigenvalue weighted by molar-refractivity contribution is -0.138. The van der Waals surface area contributed by atoms with Crippen molar-refractivity contribution >= 4 is 5.69 Å². The molecule has 3 nitrogen and oxygen atoms in total. The van der Waals surface area contributed by atoms with Gasteiger partial charge in [-0.15, -0.1) is 0 Å². The summed E-state index contributed by atoms with van der Waals surface area (Å²) in [5.41, 5.74) is 5.15. The van der Waals surface area contributed by atoms with Crippen molar-refractivity contribution in [1.29, 1.82) is 0 Å². The summed E-state index contributed by atoms with van der Waals surface area (Å²) >= 11 is 0. The Balaban J connectivity index is 2.16. The number of nitrogen functional groups attached to an aromatic ring is 1. The lowest BCUT2D eigenvalue weighted by Crippen LogP contribution is -2.36. The predicted octanol–water partition coefficient (Wildman–Crippen LogP) is 2.49. The lowest BCUT2D eigenvalue weighted by Gasteiger charge is -2.32. The van der Waals surface area contributed by atoms with Gasteiger partial charge in [0.25, 0.3) is 0 Å². The summed E-state index contributed by atoms with van der Waals surface area (Å²) in [4.78, 5) is 1.96. The van der Waals surface area contributed by atoms with E-state index in [1.54, 1.807) is 0 Å². The Morgan fingerprint density at radius 3 is 2.75 bits per heavy atom. The molecule has 2 rings (SSSR count). The molecule has 0 aliphatic carbocycles. The number of rotatable bonds is 3. The maximum atomic E-state index is 13.0. The van der Waals surface area contributed by atoms with E-state index in [0.29, 0.717) is 6.54 Å². The first-order valence-corrected chi connectivity index (χ1v) is 6.69. The number of aliphatic hydroxyl groups is 1. The van der Waals surface area contributed by atoms with Gasteiger partial charge in [0.1, 0.15) is 0 Å². The molecular formula is C14H19F3N2O. The van der Waals surface area contributed by atoms with Gasteiger partial charge in [-0.3, -0.25) is 4.90 Å². The molecule has 0 saturated carbocycles. The van der Waals surface area contributed by atoms with Crippen LogP contribution in [0.2, 0.25) is 0 Å². The van der Waals surface area contributed by atoms with Gasteiger partial charge in [0, 0.05) is 25.4 Å². The molecule has 1 unspecified atom stereocenters. The second-order valence-corrected chi connectivity index (χ2v) is 5.34. The molecule has 1 aliphatic heterocycles. The van der Waals surface area contributed by atoms with E-state index in [0.717, 1.165) is 25.5 Å². The fourth-order valence-corrected chi connectivity index (χ4v) is 2.68. The molecule has 1 aromatic carbocycles. The lowest BCUT2D eigenvalue weighted by atomic mass is 9.97. The number of hydrogen-bond acceptors (Lipinski definition) is 3. The van der Waals surface area contributed by atoms with Gasteiger partial charge >= 0.3 is 6.18 Å². The van der Waals surface area contributed by atoms with E-state index in [4.69, 9.17) is 5.73 Å². The van der Waals surface area contributed by atoms with Gasteiger partial charge in [-0.25, -0.2) is 0 Å². The highest BCUT2D eigenvalue weighted by molar-refractivity contribution is 5.46. The van der Waals surface area contributed by atoms with E-state index in [-0.39, 0.29) is 30.3 Å². The van der Waals surface area contributed by atoms with Gasteiger partial charge < -0.3 is 10.8 Å². The van der Waals surface area contributed by atoms with Gasteiger partial charge in [-0.2, -0.15) is 13.2 Å². The van der Waals surface area contributed by atoms with Crippen LogP contribution in [0.15, 0.2) is 18.2 Å². The van der Waals surface area contributed by atoms with Crippen LogP contribution in [-0.2, 0) is 12.7 Å². The fourth-order valence-electron chi connectivity index (χ4n) is 2.68. The van der Waals surface area contributed by atoms with Crippen LogP contribution in [0.3, 0.4) is 0 Å². The molecule has 0 aromatic heterocycles. The Kier molecular flexibility index (Phi) is 4.55. The first-order valence-electron chi connectivity index (χ1n) is 6.69. The number of piperidine rings is 1. The summed E-state index contributed by atoms with van der Waals surface area (Å²) in [5.74, 6) is 0.159. The number of nitrogens with zero attached hydrogens (tertiary/aromatic N) is 1. The average molecular weight is 288 g/mol. The van der Waals surface area contributed by atoms with Crippen molar-refractivity contribution in [2.24, 2.45) is 5.92 Å². The molecule has 112 valence electrons. The Morgan fingerprint density at radius 2 is 2.10 bits per heavy atom. The number of likely N-dealkylation sites (tertiary alicyclic amines) is 1. The molecule has 3 N–H and O–H groups in total. The van der Waals surface area contributed by atoms with Crippen molar-refractivity contribution in [3.05, 3.63) is 29.3 Å². The minimum Gasteiger partial charge on any atom is -0.399 e. The van der Waals surface area contributed by atoms with Crippen molar-refractivity contribution in [2.45, 2.75) is 25.6 Å². The second-order valence-electron chi connectivity index (χ2n) is 5.34. The fraction of sp³-hybridized carbons (Fsp3) is 0.571. The van der Waals surface area contributed by atoms with Gasteiger partial charge in [0.15, 0.2) is 0 Å². The molecule has 0 radical (unpaired) electrons. The van der Waals surface area contributed by atoms with Gasteiger partial charge in [-0.1, -0.05) is 6.07 Å². The molecular weight excluding hydrogens is 269 g/mol. The van der Waals surface area contributed by atoms with E-state index in [2.05, 4.69) is 0 Å². The highest BCUT2D eigenvalue weighted by atomic mass is 19.4. The number of halogens is 3. The first-order chi connectivity index (χ1) is 9.40. The normalized spacial score (nSPS) is 21.1. The van der Waals surface area contributed by atoms with Crippen LogP contribution in [-0.4, -0.2) is 29.7 Å². The monoisotopic (exact) mass is 288 g/mol. The minimum atomic E-state index is -4.39. The van der Waals surface area contributed by atoms with Crippen LogP contribution < -0.4 is 5.73 Å². The van der Waals surface area contributed by atoms with Crippen LogP contribution in [0.25, 0.3) is 0 Å². The van der Waals surface area contributed by atoms with Gasteiger partial charge in [0.2, 0.25) is 0 Å². The van der Waals surface area contributed by atoms with Crippen molar-refractivity contribution in [3.8, 4) is 0 Å². The number of anilines is 1. The quantitative estimate of drug-likeness (QED) is 0.840. The summed E-state index contributed by atoms with van der Waals surface area (Å²) in [7, 11) is 0. The third-order valence-electron chi connectivity index (χ3n) is 3.69. The maximum Gasteiger partial charge on any atom is 0.416 e. The molecule has 0 spiro atoms. The molecule has 1 aliphatic rings. The number of benzene rings is 1. The van der Waals surface area contributed by atoms with E-state index < -0.39 is 11.7 Å². The van der Waals surface area contributed by atoms with Crippen LogP contribution in [0.4, 0.5) is 18.9 Å². The number of aliphatic hydroxyl groups excluding tert-OH is 1. The minimum absolute atomic E-state index is 0.0877. The first kappa shape index (κ1) is 15.1. The maximum absolute atomic E-state index is 13.0. The average Bonchev–Trinajstić information content (AvgIpc) is 2.40. The Morgan fingerprint density at radius 1 is 1.35 bits per heavy atom. The van der Waals surface area contributed by atoms with Crippen molar-refractivity contribution in [2.75, 3.05) is 25.4 Å². The Hall–Kier alpha value is -1.27. The standard InChI is InChI=1S/C14H19F3N2O/c15-14(16,17)13-6-12(18)4-3-11(13)8-19-5-1-2-10(7-19)9-20/h3-4,6,10,20H,1-2,5,7-9,18H2. The van der Waals surface area contributed by atoms with Crippen LogP contribution >= 0.6 is 0 Å². The summed E-state index contributed by atoms with van der Waals surface area (Å²) in [6, 6.07) is 3.93. The smallest absolute Gasteiger partial charge is 0.399 e. The summed E-state index contributed by atoms with van der Waals surface area (Å²) in [6.45, 7) is 1.73. The topological polar surface area (TPSA) is 49.5 Å². The molecule has 0 amide bonds. The van der Waals surface area contributed by atoms with E-state index in [1.807, 2.05) is 4.90 Å². The molecule has 6 heteroatoms. The second kappa shape index (κ2) is 6.01. The highest BCUT2D eigenvalue weighted by Crippen LogP contribution is 2.34. The molecule has 0 bridgehead atoms. The van der Waals surface area contributed by atoms with Gasteiger partial charge in [-0.05, 0) is 43.0 Å². The molecule has 20 heavy (non-hydrogen) atoms. The zero-order valence-corrected chi connectivity index (χ0v) is 11.2. The Labute approximate surface area is 116 Å².